The van der Waals surface area contributed by atoms with Gasteiger partial charge in [-0.05, 0) is 29.3 Å². The van der Waals surface area contributed by atoms with Gasteiger partial charge in [-0.1, -0.05) is 84.6 Å². The molecule has 0 saturated heterocycles. The molecular formula is C30H28N3OS+. The van der Waals surface area contributed by atoms with E-state index in [-0.39, 0.29) is 6.04 Å². The third kappa shape index (κ3) is 4.11. The molecule has 0 spiro atoms. The third-order valence-electron chi connectivity index (χ3n) is 6.75. The molecule has 3 aromatic rings. The maximum atomic E-state index is 5.53. The molecule has 0 saturated carbocycles. The number of amidine groups is 1. The van der Waals surface area contributed by atoms with Crippen molar-refractivity contribution >= 4 is 28.7 Å². The Labute approximate surface area is 210 Å². The van der Waals surface area contributed by atoms with Gasteiger partial charge < -0.3 is 14.5 Å². The average molecular weight is 479 g/mol. The van der Waals surface area contributed by atoms with Gasteiger partial charge in [0.2, 0.25) is 0 Å². The van der Waals surface area contributed by atoms with Gasteiger partial charge >= 0.3 is 0 Å². The molecule has 0 fully saturated rings. The number of thioether (sulfide) groups is 1. The molecule has 0 bridgehead atoms. The van der Waals surface area contributed by atoms with E-state index in [2.05, 4.69) is 102 Å². The molecule has 35 heavy (non-hydrogen) atoms. The van der Waals surface area contributed by atoms with Crippen molar-refractivity contribution in [1.82, 2.24) is 4.90 Å². The van der Waals surface area contributed by atoms with E-state index in [1.54, 1.807) is 18.9 Å². The van der Waals surface area contributed by atoms with Crippen LogP contribution in [0.4, 0.5) is 0 Å². The first-order valence-corrected chi connectivity index (χ1v) is 12.8. The Morgan fingerprint density at radius 2 is 1.74 bits per heavy atom. The zero-order valence-electron chi connectivity index (χ0n) is 19.9. The van der Waals surface area contributed by atoms with Crippen molar-refractivity contribution in [3.05, 3.63) is 124 Å². The lowest BCUT2D eigenvalue weighted by atomic mass is 9.88. The van der Waals surface area contributed by atoms with Crippen LogP contribution < -0.4 is 9.64 Å². The highest BCUT2D eigenvalue weighted by Gasteiger charge is 2.42. The summed E-state index contributed by atoms with van der Waals surface area (Å²) in [5.74, 6) is 0.863. The Bertz CT molecular complexity index is 1370. The number of fused-ring (bicyclic) bond motifs is 1. The molecule has 2 atom stereocenters. The molecule has 0 aliphatic carbocycles. The Balaban J connectivity index is 1.50. The summed E-state index contributed by atoms with van der Waals surface area (Å²) < 4.78 is 5.53. The molecule has 0 radical (unpaired) electrons. The Morgan fingerprint density at radius 3 is 2.51 bits per heavy atom. The van der Waals surface area contributed by atoms with Gasteiger partial charge in [-0.3, -0.25) is 0 Å². The summed E-state index contributed by atoms with van der Waals surface area (Å²) in [6.07, 6.45) is 2.32. The summed E-state index contributed by atoms with van der Waals surface area (Å²) in [6.45, 7) is 1.93. The van der Waals surface area contributed by atoms with Crippen LogP contribution in [0.1, 0.15) is 22.7 Å². The van der Waals surface area contributed by atoms with Crippen molar-refractivity contribution in [3.63, 3.8) is 0 Å². The summed E-state index contributed by atoms with van der Waals surface area (Å²) in [6, 6.07) is 29.9. The van der Waals surface area contributed by atoms with Crippen LogP contribution in [0.3, 0.4) is 0 Å². The number of methoxy groups -OCH3 is 1. The fraction of sp³-hybridized carbons (Fsp3) is 0.167. The number of rotatable bonds is 4. The number of quaternary nitrogens is 1. The van der Waals surface area contributed by atoms with E-state index < -0.39 is 0 Å². The molecule has 1 N–H and O–H groups in total. The topological polar surface area (TPSA) is 29.3 Å². The first-order chi connectivity index (χ1) is 17.2. The van der Waals surface area contributed by atoms with E-state index in [4.69, 9.17) is 9.73 Å². The molecule has 6 rings (SSSR count). The van der Waals surface area contributed by atoms with Gasteiger partial charge in [-0.15, -0.1) is 0 Å². The largest absolute Gasteiger partial charge is 0.497 e. The monoisotopic (exact) mass is 478 g/mol. The van der Waals surface area contributed by atoms with Crippen molar-refractivity contribution in [1.29, 1.82) is 0 Å². The Hall–Kier alpha value is -3.54. The first-order valence-electron chi connectivity index (χ1n) is 12.0. The van der Waals surface area contributed by atoms with Crippen LogP contribution in [0.15, 0.2) is 112 Å². The molecule has 3 aromatic carbocycles. The van der Waals surface area contributed by atoms with Crippen molar-refractivity contribution < 1.29 is 9.64 Å². The molecule has 3 aliphatic heterocycles. The Morgan fingerprint density at radius 1 is 0.971 bits per heavy atom. The number of ether oxygens (including phenoxy) is 1. The lowest BCUT2D eigenvalue weighted by molar-refractivity contribution is -0.871. The van der Waals surface area contributed by atoms with Crippen LogP contribution in [-0.2, 0) is 0 Å². The van der Waals surface area contributed by atoms with Crippen LogP contribution >= 0.6 is 11.8 Å². The van der Waals surface area contributed by atoms with Gasteiger partial charge in [0.05, 0.1) is 31.6 Å². The number of hydrogen-bond acceptors (Lipinski definition) is 4. The third-order valence-corrected chi connectivity index (χ3v) is 7.59. The smallest absolute Gasteiger partial charge is 0.174 e. The van der Waals surface area contributed by atoms with Crippen LogP contribution in [-0.4, -0.2) is 37.3 Å². The number of aliphatic imine (C=N–C) groups is 1. The van der Waals surface area contributed by atoms with Crippen LogP contribution in [0.5, 0.6) is 5.75 Å². The molecule has 1 unspecified atom stereocenters. The molecule has 4 nitrogen and oxygen atoms in total. The van der Waals surface area contributed by atoms with Gasteiger partial charge in [0.1, 0.15) is 18.8 Å². The van der Waals surface area contributed by atoms with Gasteiger partial charge in [-0.25, -0.2) is 4.99 Å². The lowest BCUT2D eigenvalue weighted by Crippen LogP contribution is -3.10. The predicted molar refractivity (Wildman–Crippen MR) is 145 cm³/mol. The summed E-state index contributed by atoms with van der Waals surface area (Å²) in [7, 11) is 4.00. The van der Waals surface area contributed by atoms with E-state index in [1.165, 1.54) is 32.9 Å². The second-order valence-electron chi connectivity index (χ2n) is 9.20. The highest BCUT2D eigenvalue weighted by molar-refractivity contribution is 8.16. The molecule has 3 heterocycles. The number of benzene rings is 3. The van der Waals surface area contributed by atoms with Crippen molar-refractivity contribution in [3.8, 4) is 5.75 Å². The Kier molecular flexibility index (Phi) is 5.80. The van der Waals surface area contributed by atoms with Gasteiger partial charge in [-0.2, -0.15) is 0 Å². The maximum absolute atomic E-state index is 5.53. The van der Waals surface area contributed by atoms with Gasteiger partial charge in [0, 0.05) is 22.1 Å². The second kappa shape index (κ2) is 9.25. The number of likely N-dealkylation sites (N-methyl/N-ethyl adjacent to an activating group) is 1. The molecule has 3 aliphatic rings. The lowest BCUT2D eigenvalue weighted by Gasteiger charge is -2.40. The first kappa shape index (κ1) is 22.0. The van der Waals surface area contributed by atoms with E-state index in [0.29, 0.717) is 0 Å². The number of nitrogens with zero attached hydrogens (tertiary/aromatic N) is 2. The minimum absolute atomic E-state index is 0.0978. The van der Waals surface area contributed by atoms with E-state index in [1.807, 2.05) is 6.07 Å². The highest BCUT2D eigenvalue weighted by Crippen LogP contribution is 2.48. The van der Waals surface area contributed by atoms with Crippen molar-refractivity contribution in [2.24, 2.45) is 4.99 Å². The molecule has 0 aromatic heterocycles. The highest BCUT2D eigenvalue weighted by atomic mass is 32.2. The molecule has 5 heteroatoms. The van der Waals surface area contributed by atoms with Gasteiger partial charge in [0.15, 0.2) is 5.17 Å². The van der Waals surface area contributed by atoms with Crippen LogP contribution in [0, 0.1) is 0 Å². The summed E-state index contributed by atoms with van der Waals surface area (Å²) >= 11 is 1.71. The SMILES string of the molecule is COc1cccc(C2=CSC3=NC4=C(C[NH+](C)C/C4=C\c4ccccc4)[C@@H](c4ccccc4)N23)c1. The minimum atomic E-state index is 0.0978. The minimum Gasteiger partial charge on any atom is -0.497 e. The zero-order valence-corrected chi connectivity index (χ0v) is 20.8. The normalized spacial score (nSPS) is 22.5. The summed E-state index contributed by atoms with van der Waals surface area (Å²) in [4.78, 5) is 9.19. The molecule has 174 valence electrons. The fourth-order valence-corrected chi connectivity index (χ4v) is 6.14. The fourth-order valence-electron chi connectivity index (χ4n) is 5.21. The van der Waals surface area contributed by atoms with E-state index in [9.17, 15) is 0 Å². The van der Waals surface area contributed by atoms with Crippen molar-refractivity contribution in [2.75, 3.05) is 27.2 Å². The van der Waals surface area contributed by atoms with E-state index in [0.717, 1.165) is 35.3 Å². The quantitative estimate of drug-likeness (QED) is 0.571. The number of hydrogen-bond donors (Lipinski definition) is 1. The van der Waals surface area contributed by atoms with Gasteiger partial charge in [0.25, 0.3) is 0 Å². The maximum Gasteiger partial charge on any atom is 0.174 e. The summed E-state index contributed by atoms with van der Waals surface area (Å²) in [5.41, 5.74) is 8.66. The standard InChI is InChI=1S/C30H27N3OS/c1-32-18-24(16-21-10-5-3-6-11-21)28-26(19-32)29(22-12-7-4-8-13-22)33-27(20-35-30(33)31-28)23-14-9-15-25(17-23)34-2/h3-17,20,29H,18-19H2,1-2H3/p+1/b24-16+/t29-/m1/s1. The molecular weight excluding hydrogens is 450 g/mol. The average Bonchev–Trinajstić information content (AvgIpc) is 3.32. The zero-order chi connectivity index (χ0) is 23.8. The second-order valence-corrected chi connectivity index (χ2v) is 10.0. The van der Waals surface area contributed by atoms with E-state index >= 15 is 0 Å². The van der Waals surface area contributed by atoms with Crippen LogP contribution in [0.25, 0.3) is 11.8 Å². The molecule has 0 amide bonds. The van der Waals surface area contributed by atoms with Crippen LogP contribution in [0.2, 0.25) is 0 Å². The number of nitrogens with one attached hydrogen (secondary N) is 1. The van der Waals surface area contributed by atoms with Crippen molar-refractivity contribution in [2.45, 2.75) is 6.04 Å². The summed E-state index contributed by atoms with van der Waals surface area (Å²) in [5, 5.41) is 3.27. The predicted octanol–water partition coefficient (Wildman–Crippen LogP) is 5.02.